The highest BCUT2D eigenvalue weighted by molar-refractivity contribution is 6.01. The van der Waals surface area contributed by atoms with Crippen LogP contribution in [0, 0.1) is 33.5 Å². The Morgan fingerprint density at radius 1 is 0.957 bits per heavy atom. The van der Waals surface area contributed by atoms with Gasteiger partial charge in [0.05, 0.1) is 5.56 Å². The van der Waals surface area contributed by atoms with Crippen LogP contribution in [-0.4, -0.2) is 18.4 Å². The van der Waals surface area contributed by atoms with E-state index in [1.807, 2.05) is 27.7 Å². The molecule has 0 heterocycles. The van der Waals surface area contributed by atoms with Crippen molar-refractivity contribution in [2.45, 2.75) is 27.7 Å². The summed E-state index contributed by atoms with van der Waals surface area (Å²) in [5, 5.41) is 0. The number of hydrogen-bond acceptors (Lipinski definition) is 3. The maximum absolute atomic E-state index is 13.5. The van der Waals surface area contributed by atoms with Crippen molar-refractivity contribution in [3.63, 3.8) is 0 Å². The first-order valence-electron chi connectivity index (χ1n) is 7.35. The number of aryl methyl sites for hydroxylation is 1. The summed E-state index contributed by atoms with van der Waals surface area (Å²) in [6, 6.07) is 7.33. The van der Waals surface area contributed by atoms with Gasteiger partial charge in [-0.15, -0.1) is 0 Å². The van der Waals surface area contributed by atoms with Gasteiger partial charge in [-0.3, -0.25) is 4.79 Å². The van der Waals surface area contributed by atoms with E-state index in [1.165, 1.54) is 18.2 Å². The molecule has 0 radical (unpaired) electrons. The third-order valence-corrected chi connectivity index (χ3v) is 4.21. The lowest BCUT2D eigenvalue weighted by molar-refractivity contribution is 0.0470. The highest BCUT2D eigenvalue weighted by atomic mass is 19.1. The molecule has 0 saturated heterocycles. The van der Waals surface area contributed by atoms with Gasteiger partial charge in [0.25, 0.3) is 0 Å². The second-order valence-corrected chi connectivity index (χ2v) is 5.60. The van der Waals surface area contributed by atoms with Crippen LogP contribution >= 0.6 is 0 Å². The smallest absolute Gasteiger partial charge is 0.341 e. The van der Waals surface area contributed by atoms with Crippen LogP contribution in [0.15, 0.2) is 30.3 Å². The summed E-state index contributed by atoms with van der Waals surface area (Å²) in [4.78, 5) is 24.2. The zero-order chi connectivity index (χ0) is 17.1. The predicted octanol–water partition coefficient (Wildman–Crippen LogP) is 4.10. The first-order valence-corrected chi connectivity index (χ1v) is 7.35. The number of benzene rings is 2. The number of carbonyl (C=O) groups is 2. The molecule has 0 atom stereocenters. The van der Waals surface area contributed by atoms with E-state index in [-0.39, 0.29) is 11.3 Å². The minimum absolute atomic E-state index is 0.173. The number of rotatable bonds is 4. The van der Waals surface area contributed by atoms with E-state index in [2.05, 4.69) is 0 Å². The molecule has 4 heteroatoms. The fourth-order valence-electron chi connectivity index (χ4n) is 2.41. The predicted molar refractivity (Wildman–Crippen MR) is 86.4 cm³/mol. The SMILES string of the molecule is Cc1cc(C(=O)COC(=O)c2ccccc2F)c(C)c(C)c1C. The summed E-state index contributed by atoms with van der Waals surface area (Å²) in [5.41, 5.74) is 4.44. The maximum atomic E-state index is 13.5. The highest BCUT2D eigenvalue weighted by Crippen LogP contribution is 2.21. The normalized spacial score (nSPS) is 10.5. The van der Waals surface area contributed by atoms with E-state index in [4.69, 9.17) is 4.74 Å². The molecule has 0 aliphatic heterocycles. The van der Waals surface area contributed by atoms with Crippen molar-refractivity contribution in [1.29, 1.82) is 0 Å². The van der Waals surface area contributed by atoms with E-state index in [0.29, 0.717) is 5.56 Å². The van der Waals surface area contributed by atoms with Crippen molar-refractivity contribution < 1.29 is 18.7 Å². The second kappa shape index (κ2) is 6.73. The zero-order valence-electron chi connectivity index (χ0n) is 13.7. The van der Waals surface area contributed by atoms with Crippen LogP contribution in [0.4, 0.5) is 4.39 Å². The molecule has 2 rings (SSSR count). The number of Topliss-reactive ketones (excluding diaryl/α,β-unsaturated/α-hetero) is 1. The van der Waals surface area contributed by atoms with Crippen molar-refractivity contribution in [3.8, 4) is 0 Å². The Morgan fingerprint density at radius 3 is 2.26 bits per heavy atom. The minimum atomic E-state index is -0.838. The number of ether oxygens (including phenoxy) is 1. The number of esters is 1. The molecule has 0 aliphatic rings. The molecule has 0 amide bonds. The molecule has 120 valence electrons. The topological polar surface area (TPSA) is 43.4 Å². The Labute approximate surface area is 135 Å². The van der Waals surface area contributed by atoms with Gasteiger partial charge in [-0.1, -0.05) is 12.1 Å². The molecule has 0 spiro atoms. The van der Waals surface area contributed by atoms with Crippen molar-refractivity contribution in [2.24, 2.45) is 0 Å². The first-order chi connectivity index (χ1) is 10.8. The van der Waals surface area contributed by atoms with E-state index < -0.39 is 18.4 Å². The number of halogens is 1. The molecule has 0 aliphatic carbocycles. The minimum Gasteiger partial charge on any atom is -0.454 e. The summed E-state index contributed by atoms with van der Waals surface area (Å²) < 4.78 is 18.5. The molecule has 0 N–H and O–H groups in total. The third kappa shape index (κ3) is 3.47. The van der Waals surface area contributed by atoms with E-state index in [9.17, 15) is 14.0 Å². The molecule has 23 heavy (non-hydrogen) atoms. The molecule has 0 unspecified atom stereocenters. The van der Waals surface area contributed by atoms with E-state index >= 15 is 0 Å². The summed E-state index contributed by atoms with van der Waals surface area (Å²) in [6.45, 7) is 7.36. The van der Waals surface area contributed by atoms with E-state index in [1.54, 1.807) is 12.1 Å². The standard InChI is InChI=1S/C19H19FO3/c1-11-9-16(14(4)13(3)12(11)2)18(21)10-23-19(22)15-7-5-6-8-17(15)20/h5-9H,10H2,1-4H3. The Kier molecular flexibility index (Phi) is 4.94. The molecule has 3 nitrogen and oxygen atoms in total. The van der Waals surface area contributed by atoms with Gasteiger partial charge in [-0.2, -0.15) is 0 Å². The molecule has 0 fully saturated rings. The van der Waals surface area contributed by atoms with Crippen LogP contribution in [0.1, 0.15) is 43.0 Å². The van der Waals surface area contributed by atoms with Gasteiger partial charge in [0, 0.05) is 5.56 Å². The van der Waals surface area contributed by atoms with Gasteiger partial charge in [0.2, 0.25) is 5.78 Å². The van der Waals surface area contributed by atoms with Crippen LogP contribution in [-0.2, 0) is 4.74 Å². The maximum Gasteiger partial charge on any atom is 0.341 e. The van der Waals surface area contributed by atoms with Crippen LogP contribution in [0.3, 0.4) is 0 Å². The Hall–Kier alpha value is -2.49. The summed E-state index contributed by atoms with van der Waals surface area (Å²) in [7, 11) is 0. The molecule has 0 aromatic heterocycles. The highest BCUT2D eigenvalue weighted by Gasteiger charge is 2.17. The van der Waals surface area contributed by atoms with Crippen molar-refractivity contribution >= 4 is 11.8 Å². The average molecular weight is 314 g/mol. The van der Waals surface area contributed by atoms with Crippen LogP contribution in [0.5, 0.6) is 0 Å². The Bertz CT molecular complexity index is 778. The molecule has 2 aromatic rings. The molecule has 0 bridgehead atoms. The molecular weight excluding hydrogens is 295 g/mol. The zero-order valence-corrected chi connectivity index (χ0v) is 13.7. The summed E-state index contributed by atoms with van der Waals surface area (Å²) >= 11 is 0. The third-order valence-electron chi connectivity index (χ3n) is 4.21. The Morgan fingerprint density at radius 2 is 1.61 bits per heavy atom. The quantitative estimate of drug-likeness (QED) is 0.630. The molecular formula is C19H19FO3. The monoisotopic (exact) mass is 314 g/mol. The second-order valence-electron chi connectivity index (χ2n) is 5.60. The number of carbonyl (C=O) groups excluding carboxylic acids is 2. The largest absolute Gasteiger partial charge is 0.454 e. The Balaban J connectivity index is 2.15. The van der Waals surface area contributed by atoms with Gasteiger partial charge in [-0.25, -0.2) is 9.18 Å². The number of ketones is 1. The lowest BCUT2D eigenvalue weighted by Crippen LogP contribution is -2.17. The van der Waals surface area contributed by atoms with Gasteiger partial charge < -0.3 is 4.74 Å². The summed E-state index contributed by atoms with van der Waals surface area (Å²) in [5.74, 6) is -1.80. The number of hydrogen-bond donors (Lipinski definition) is 0. The van der Waals surface area contributed by atoms with Gasteiger partial charge in [-0.05, 0) is 68.1 Å². The van der Waals surface area contributed by atoms with Gasteiger partial charge in [0.1, 0.15) is 5.82 Å². The first kappa shape index (κ1) is 16.9. The lowest BCUT2D eigenvalue weighted by atomic mass is 9.93. The van der Waals surface area contributed by atoms with Gasteiger partial charge in [0.15, 0.2) is 6.61 Å². The van der Waals surface area contributed by atoms with Crippen LogP contribution < -0.4 is 0 Å². The fraction of sp³-hybridized carbons (Fsp3) is 0.263. The lowest BCUT2D eigenvalue weighted by Gasteiger charge is -2.13. The van der Waals surface area contributed by atoms with Crippen LogP contribution in [0.2, 0.25) is 0 Å². The van der Waals surface area contributed by atoms with Crippen molar-refractivity contribution in [1.82, 2.24) is 0 Å². The van der Waals surface area contributed by atoms with Crippen LogP contribution in [0.25, 0.3) is 0 Å². The summed E-state index contributed by atoms with van der Waals surface area (Å²) in [6.07, 6.45) is 0. The average Bonchev–Trinajstić information content (AvgIpc) is 2.54. The van der Waals surface area contributed by atoms with Gasteiger partial charge >= 0.3 is 5.97 Å². The van der Waals surface area contributed by atoms with Crippen molar-refractivity contribution in [2.75, 3.05) is 6.61 Å². The molecule has 0 saturated carbocycles. The fourth-order valence-corrected chi connectivity index (χ4v) is 2.41. The molecule has 2 aromatic carbocycles. The van der Waals surface area contributed by atoms with E-state index in [0.717, 1.165) is 22.3 Å². The van der Waals surface area contributed by atoms with Crippen molar-refractivity contribution in [3.05, 3.63) is 69.5 Å².